The van der Waals surface area contributed by atoms with E-state index in [1.165, 1.54) is 6.07 Å². The van der Waals surface area contributed by atoms with E-state index in [9.17, 15) is 22.8 Å². The number of halogens is 3. The molecular weight excluding hydrogens is 317 g/mol. The van der Waals surface area contributed by atoms with Gasteiger partial charge in [0.1, 0.15) is 5.75 Å². The minimum atomic E-state index is -4.84. The highest BCUT2D eigenvalue weighted by atomic mass is 19.4. The number of hydrogen-bond donors (Lipinski definition) is 0. The highest BCUT2D eigenvalue weighted by molar-refractivity contribution is 5.91. The molecule has 0 N–H and O–H groups in total. The van der Waals surface area contributed by atoms with Crippen LogP contribution in [0.25, 0.3) is 0 Å². The van der Waals surface area contributed by atoms with Crippen LogP contribution in [0.5, 0.6) is 5.75 Å². The van der Waals surface area contributed by atoms with Gasteiger partial charge in [-0.2, -0.15) is 0 Å². The van der Waals surface area contributed by atoms with Crippen LogP contribution in [-0.4, -0.2) is 31.5 Å². The molecule has 0 amide bonds. The van der Waals surface area contributed by atoms with Crippen molar-refractivity contribution >= 4 is 11.9 Å². The fourth-order valence-corrected chi connectivity index (χ4v) is 1.85. The van der Waals surface area contributed by atoms with Crippen molar-refractivity contribution in [2.45, 2.75) is 33.1 Å². The molecule has 0 aliphatic heterocycles. The second-order valence-electron chi connectivity index (χ2n) is 4.39. The molecule has 0 spiro atoms. The lowest BCUT2D eigenvalue weighted by Crippen LogP contribution is -2.18. The van der Waals surface area contributed by atoms with Gasteiger partial charge in [-0.3, -0.25) is 4.79 Å². The summed E-state index contributed by atoms with van der Waals surface area (Å²) >= 11 is 0. The Morgan fingerprint density at radius 3 is 2.30 bits per heavy atom. The van der Waals surface area contributed by atoms with Crippen LogP contribution in [0.2, 0.25) is 0 Å². The SMILES string of the molecule is CCOC(=O)CCc1cc(OC(F)(F)F)ccc1C(=O)OCC. The molecule has 0 unspecified atom stereocenters. The lowest BCUT2D eigenvalue weighted by molar-refractivity contribution is -0.274. The molecule has 0 aliphatic rings. The average molecular weight is 334 g/mol. The third kappa shape index (κ3) is 6.58. The van der Waals surface area contributed by atoms with Gasteiger partial charge in [-0.25, -0.2) is 4.79 Å². The van der Waals surface area contributed by atoms with E-state index in [2.05, 4.69) is 4.74 Å². The first-order valence-electron chi connectivity index (χ1n) is 6.98. The predicted molar refractivity (Wildman–Crippen MR) is 74.0 cm³/mol. The number of ether oxygens (including phenoxy) is 3. The fourth-order valence-electron chi connectivity index (χ4n) is 1.85. The van der Waals surface area contributed by atoms with E-state index in [0.717, 1.165) is 12.1 Å². The van der Waals surface area contributed by atoms with E-state index in [1.807, 2.05) is 0 Å². The number of hydrogen-bond acceptors (Lipinski definition) is 5. The molecule has 0 aromatic heterocycles. The highest BCUT2D eigenvalue weighted by Gasteiger charge is 2.31. The third-order valence-corrected chi connectivity index (χ3v) is 2.71. The van der Waals surface area contributed by atoms with Crippen molar-refractivity contribution in [3.63, 3.8) is 0 Å². The summed E-state index contributed by atoms with van der Waals surface area (Å²) in [5.74, 6) is -1.65. The Morgan fingerprint density at radius 1 is 1.09 bits per heavy atom. The monoisotopic (exact) mass is 334 g/mol. The number of esters is 2. The molecule has 1 rings (SSSR count). The molecule has 0 aliphatic carbocycles. The largest absolute Gasteiger partial charge is 0.573 e. The number of rotatable bonds is 7. The standard InChI is InChI=1S/C15H17F3O5/c1-3-21-13(19)8-5-10-9-11(23-15(16,17)18)6-7-12(10)14(20)22-4-2/h6-7,9H,3-5,8H2,1-2H3. The third-order valence-electron chi connectivity index (χ3n) is 2.71. The lowest BCUT2D eigenvalue weighted by Gasteiger charge is -2.13. The Morgan fingerprint density at radius 2 is 1.74 bits per heavy atom. The molecule has 0 saturated heterocycles. The molecule has 0 radical (unpaired) electrons. The number of alkyl halides is 3. The van der Waals surface area contributed by atoms with Crippen LogP contribution in [0, 0.1) is 0 Å². The van der Waals surface area contributed by atoms with Crippen LogP contribution in [-0.2, 0) is 20.7 Å². The predicted octanol–water partition coefficient (Wildman–Crippen LogP) is 3.26. The number of carbonyl (C=O) groups is 2. The summed E-state index contributed by atoms with van der Waals surface area (Å²) in [7, 11) is 0. The molecule has 8 heteroatoms. The fraction of sp³-hybridized carbons (Fsp3) is 0.467. The molecule has 0 saturated carbocycles. The molecule has 0 heterocycles. The van der Waals surface area contributed by atoms with Gasteiger partial charge >= 0.3 is 18.3 Å². The number of carbonyl (C=O) groups excluding carboxylic acids is 2. The molecule has 0 atom stereocenters. The maximum Gasteiger partial charge on any atom is 0.573 e. The maximum atomic E-state index is 12.3. The molecule has 128 valence electrons. The van der Waals surface area contributed by atoms with Crippen molar-refractivity contribution in [1.82, 2.24) is 0 Å². The Balaban J connectivity index is 3.00. The minimum absolute atomic E-state index is 0.0298. The van der Waals surface area contributed by atoms with Gasteiger partial charge in [0.25, 0.3) is 0 Å². The van der Waals surface area contributed by atoms with Crippen LogP contribution < -0.4 is 4.74 Å². The van der Waals surface area contributed by atoms with Crippen molar-refractivity contribution < 1.29 is 37.0 Å². The van der Waals surface area contributed by atoms with Gasteiger partial charge < -0.3 is 14.2 Å². The smallest absolute Gasteiger partial charge is 0.466 e. The average Bonchev–Trinajstić information content (AvgIpc) is 2.44. The first-order chi connectivity index (χ1) is 10.8. The zero-order chi connectivity index (χ0) is 17.5. The van der Waals surface area contributed by atoms with Gasteiger partial charge in [-0.15, -0.1) is 13.2 Å². The summed E-state index contributed by atoms with van der Waals surface area (Å²) in [6, 6.07) is 3.27. The van der Waals surface area contributed by atoms with Crippen LogP contribution in [0.1, 0.15) is 36.2 Å². The second kappa shape index (κ2) is 8.40. The van der Waals surface area contributed by atoms with E-state index in [1.54, 1.807) is 13.8 Å². The quantitative estimate of drug-likeness (QED) is 0.716. The number of aryl methyl sites for hydroxylation is 1. The second-order valence-corrected chi connectivity index (χ2v) is 4.39. The van der Waals surface area contributed by atoms with Crippen molar-refractivity contribution in [3.8, 4) is 5.75 Å². The van der Waals surface area contributed by atoms with Crippen molar-refractivity contribution in [3.05, 3.63) is 29.3 Å². The minimum Gasteiger partial charge on any atom is -0.466 e. The summed E-state index contributed by atoms with van der Waals surface area (Å²) in [4.78, 5) is 23.2. The lowest BCUT2D eigenvalue weighted by atomic mass is 10.0. The van der Waals surface area contributed by atoms with Crippen LogP contribution >= 0.6 is 0 Å². The molecular formula is C15H17F3O5. The van der Waals surface area contributed by atoms with E-state index < -0.39 is 24.1 Å². The van der Waals surface area contributed by atoms with Gasteiger partial charge in [0.05, 0.1) is 18.8 Å². The van der Waals surface area contributed by atoms with E-state index in [-0.39, 0.29) is 37.2 Å². The molecule has 5 nitrogen and oxygen atoms in total. The normalized spacial score (nSPS) is 11.0. The molecule has 0 bridgehead atoms. The molecule has 23 heavy (non-hydrogen) atoms. The Labute approximate surface area is 131 Å². The Kier molecular flexibility index (Phi) is 6.87. The van der Waals surface area contributed by atoms with Crippen LogP contribution in [0.4, 0.5) is 13.2 Å². The number of benzene rings is 1. The summed E-state index contributed by atoms with van der Waals surface area (Å²) in [6.07, 6.45) is -4.89. The highest BCUT2D eigenvalue weighted by Crippen LogP contribution is 2.26. The van der Waals surface area contributed by atoms with Gasteiger partial charge in [0.2, 0.25) is 0 Å². The first-order valence-corrected chi connectivity index (χ1v) is 6.98. The van der Waals surface area contributed by atoms with Crippen LogP contribution in [0.15, 0.2) is 18.2 Å². The Bertz CT molecular complexity index is 555. The zero-order valence-corrected chi connectivity index (χ0v) is 12.7. The van der Waals surface area contributed by atoms with E-state index >= 15 is 0 Å². The molecule has 1 aromatic rings. The molecule has 1 aromatic carbocycles. The Hall–Kier alpha value is -2.25. The van der Waals surface area contributed by atoms with Gasteiger partial charge in [-0.05, 0) is 44.0 Å². The summed E-state index contributed by atoms with van der Waals surface area (Å²) in [6.45, 7) is 3.56. The van der Waals surface area contributed by atoms with E-state index in [4.69, 9.17) is 9.47 Å². The topological polar surface area (TPSA) is 61.8 Å². The van der Waals surface area contributed by atoms with Crippen LogP contribution in [0.3, 0.4) is 0 Å². The van der Waals surface area contributed by atoms with Crippen molar-refractivity contribution in [2.75, 3.05) is 13.2 Å². The summed E-state index contributed by atoms with van der Waals surface area (Å²) in [5, 5.41) is 0. The summed E-state index contributed by atoms with van der Waals surface area (Å²) < 4.78 is 50.3. The summed E-state index contributed by atoms with van der Waals surface area (Å²) in [5.41, 5.74) is 0.309. The van der Waals surface area contributed by atoms with Gasteiger partial charge in [0.15, 0.2) is 0 Å². The van der Waals surface area contributed by atoms with Gasteiger partial charge in [-0.1, -0.05) is 0 Å². The van der Waals surface area contributed by atoms with Gasteiger partial charge in [0, 0.05) is 6.42 Å². The van der Waals surface area contributed by atoms with Crippen molar-refractivity contribution in [1.29, 1.82) is 0 Å². The maximum absolute atomic E-state index is 12.3. The zero-order valence-electron chi connectivity index (χ0n) is 12.7. The van der Waals surface area contributed by atoms with E-state index in [0.29, 0.717) is 0 Å². The van der Waals surface area contributed by atoms with Crippen molar-refractivity contribution in [2.24, 2.45) is 0 Å². The first kappa shape index (κ1) is 18.8. The molecule has 0 fully saturated rings.